The van der Waals surface area contributed by atoms with Crippen LogP contribution in [-0.2, 0) is 17.1 Å². The maximum absolute atomic E-state index is 13.0. The molecule has 0 bridgehead atoms. The maximum atomic E-state index is 13.0. The van der Waals surface area contributed by atoms with E-state index < -0.39 is 54.3 Å². The van der Waals surface area contributed by atoms with Gasteiger partial charge in [-0.15, -0.1) is 0 Å². The van der Waals surface area contributed by atoms with Gasteiger partial charge >= 0.3 is 12.4 Å². The minimum Gasteiger partial charge on any atom is -0.330 e. The van der Waals surface area contributed by atoms with Crippen molar-refractivity contribution in [2.45, 2.75) is 37.0 Å². The predicted molar refractivity (Wildman–Crippen MR) is 86.4 cm³/mol. The molecule has 0 spiro atoms. The second-order valence-electron chi connectivity index (χ2n) is 7.48. The summed E-state index contributed by atoms with van der Waals surface area (Å²) in [5.41, 5.74) is -2.76. The summed E-state index contributed by atoms with van der Waals surface area (Å²) >= 11 is 0. The number of benzene rings is 1. The lowest BCUT2D eigenvalue weighted by molar-refractivity contribution is -0.165. The Morgan fingerprint density at radius 2 is 1.55 bits per heavy atom. The van der Waals surface area contributed by atoms with Gasteiger partial charge in [0.15, 0.2) is 0 Å². The minimum atomic E-state index is -4.90. The molecule has 11 heteroatoms. The van der Waals surface area contributed by atoms with Crippen LogP contribution in [0, 0.1) is 0 Å². The summed E-state index contributed by atoms with van der Waals surface area (Å²) in [5, 5.41) is 0. The van der Waals surface area contributed by atoms with Crippen LogP contribution >= 0.6 is 0 Å². The van der Waals surface area contributed by atoms with E-state index in [9.17, 15) is 39.9 Å². The number of halogens is 8. The van der Waals surface area contributed by atoms with Crippen molar-refractivity contribution < 1.29 is 39.9 Å². The number of carbonyl (C=O) groups is 1. The minimum absolute atomic E-state index is 0.0286. The van der Waals surface area contributed by atoms with Crippen molar-refractivity contribution in [3.05, 3.63) is 34.9 Å². The lowest BCUT2D eigenvalue weighted by atomic mass is 9.94. The summed E-state index contributed by atoms with van der Waals surface area (Å²) in [4.78, 5) is 14.6. The normalized spacial score (nSPS) is 22.6. The number of nitrogens with zero attached hydrogens (tertiary/aromatic N) is 2. The summed E-state index contributed by atoms with van der Waals surface area (Å²) in [6.45, 7) is -0.450. The topological polar surface area (TPSA) is 23.6 Å². The highest BCUT2D eigenvalue weighted by molar-refractivity contribution is 5.77. The van der Waals surface area contributed by atoms with Crippen LogP contribution in [0.3, 0.4) is 0 Å². The molecule has 1 aromatic rings. The van der Waals surface area contributed by atoms with Gasteiger partial charge in [0.1, 0.15) is 0 Å². The fourth-order valence-electron chi connectivity index (χ4n) is 3.62. The molecule has 2 aliphatic rings. The van der Waals surface area contributed by atoms with E-state index >= 15 is 0 Å². The molecule has 0 aromatic heterocycles. The third kappa shape index (κ3) is 5.18. The molecule has 162 valence electrons. The van der Waals surface area contributed by atoms with Crippen molar-refractivity contribution in [3.8, 4) is 0 Å². The first kappa shape index (κ1) is 21.8. The first-order valence-electron chi connectivity index (χ1n) is 8.92. The van der Waals surface area contributed by atoms with Crippen LogP contribution in [0.25, 0.3) is 0 Å². The van der Waals surface area contributed by atoms with Gasteiger partial charge in [-0.3, -0.25) is 4.79 Å². The number of hydrogen-bond acceptors (Lipinski definition) is 2. The van der Waals surface area contributed by atoms with Crippen LogP contribution in [0.4, 0.5) is 35.1 Å². The molecule has 3 rings (SSSR count). The van der Waals surface area contributed by atoms with Gasteiger partial charge in [-0.2, -0.15) is 26.3 Å². The molecular formula is C18H18F8N2O. The smallest absolute Gasteiger partial charge is 0.330 e. The zero-order chi connectivity index (χ0) is 21.6. The van der Waals surface area contributed by atoms with Crippen molar-refractivity contribution in [1.29, 1.82) is 0 Å². The molecule has 1 unspecified atom stereocenters. The molecule has 2 aliphatic heterocycles. The van der Waals surface area contributed by atoms with E-state index in [1.807, 2.05) is 0 Å². The lowest BCUT2D eigenvalue weighted by Crippen LogP contribution is -2.58. The Morgan fingerprint density at radius 3 is 2.03 bits per heavy atom. The number of amides is 1. The molecule has 2 saturated heterocycles. The summed E-state index contributed by atoms with van der Waals surface area (Å²) in [5.74, 6) is -3.85. The number of rotatable bonds is 4. The van der Waals surface area contributed by atoms with Gasteiger partial charge < -0.3 is 9.80 Å². The lowest BCUT2D eigenvalue weighted by Gasteiger charge is -2.39. The zero-order valence-corrected chi connectivity index (χ0v) is 15.1. The van der Waals surface area contributed by atoms with E-state index in [2.05, 4.69) is 0 Å². The monoisotopic (exact) mass is 430 g/mol. The molecule has 0 aliphatic carbocycles. The molecule has 1 aromatic carbocycles. The highest BCUT2D eigenvalue weighted by Crippen LogP contribution is 2.39. The number of hydrogen-bond donors (Lipinski definition) is 0. The van der Waals surface area contributed by atoms with Gasteiger partial charge in [0, 0.05) is 19.5 Å². The number of likely N-dealkylation sites (tertiary alicyclic amines) is 2. The average Bonchev–Trinajstić information content (AvgIpc) is 3.04. The van der Waals surface area contributed by atoms with E-state index in [-0.39, 0.29) is 31.1 Å². The summed E-state index contributed by atoms with van der Waals surface area (Å²) in [6, 6.07) is 1.56. The molecule has 1 amide bonds. The largest absolute Gasteiger partial charge is 0.416 e. The van der Waals surface area contributed by atoms with Crippen LogP contribution in [0.1, 0.15) is 35.4 Å². The predicted octanol–water partition coefficient (Wildman–Crippen LogP) is 4.38. The Balaban J connectivity index is 1.64. The van der Waals surface area contributed by atoms with Crippen molar-refractivity contribution >= 4 is 5.91 Å². The van der Waals surface area contributed by atoms with Crippen molar-refractivity contribution in [2.75, 3.05) is 32.7 Å². The van der Waals surface area contributed by atoms with E-state index in [1.165, 1.54) is 0 Å². The SMILES string of the molecule is O=C(CCN1CCC(c2cc(C(F)(F)F)cc(C(F)(F)F)c2)C1)N1CC(F)(F)C1. The molecule has 29 heavy (non-hydrogen) atoms. The second kappa shape index (κ2) is 7.41. The highest BCUT2D eigenvalue weighted by atomic mass is 19.4. The van der Waals surface area contributed by atoms with Crippen molar-refractivity contribution in [3.63, 3.8) is 0 Å². The standard InChI is InChI=1S/C18H18F8N2O/c19-16(20)9-28(10-16)15(29)2-4-27-3-1-11(8-27)12-5-13(17(21,22)23)7-14(6-12)18(24,25)26/h5-7,11H,1-4,8-10H2. The van der Waals surface area contributed by atoms with Gasteiger partial charge in [0.05, 0.1) is 24.2 Å². The summed E-state index contributed by atoms with van der Waals surface area (Å²) in [6.07, 6.45) is -9.49. The summed E-state index contributed by atoms with van der Waals surface area (Å²) in [7, 11) is 0. The van der Waals surface area contributed by atoms with Gasteiger partial charge in [-0.1, -0.05) is 0 Å². The number of carbonyl (C=O) groups excluding carboxylic acids is 1. The molecular weight excluding hydrogens is 412 g/mol. The molecule has 1 atom stereocenters. The Morgan fingerprint density at radius 1 is 1.00 bits per heavy atom. The zero-order valence-electron chi connectivity index (χ0n) is 15.1. The van der Waals surface area contributed by atoms with Crippen molar-refractivity contribution in [2.24, 2.45) is 0 Å². The summed E-state index contributed by atoms with van der Waals surface area (Å²) < 4.78 is 104. The Bertz CT molecular complexity index is 734. The van der Waals surface area contributed by atoms with Crippen LogP contribution < -0.4 is 0 Å². The van der Waals surface area contributed by atoms with Crippen molar-refractivity contribution in [1.82, 2.24) is 9.80 Å². The van der Waals surface area contributed by atoms with Crippen LogP contribution in [0.5, 0.6) is 0 Å². The van der Waals surface area contributed by atoms with Gasteiger partial charge in [-0.25, -0.2) is 8.78 Å². The molecule has 2 fully saturated rings. The van der Waals surface area contributed by atoms with Gasteiger partial charge in [0.25, 0.3) is 5.92 Å². The molecule has 0 saturated carbocycles. The molecule has 0 radical (unpaired) electrons. The third-order valence-electron chi connectivity index (χ3n) is 5.19. The maximum Gasteiger partial charge on any atom is 0.416 e. The Kier molecular flexibility index (Phi) is 5.57. The second-order valence-corrected chi connectivity index (χ2v) is 7.48. The first-order chi connectivity index (χ1) is 13.2. The van der Waals surface area contributed by atoms with Crippen LogP contribution in [0.2, 0.25) is 0 Å². The average molecular weight is 430 g/mol. The van der Waals surface area contributed by atoms with E-state index in [4.69, 9.17) is 0 Å². The Labute approximate surface area is 161 Å². The van der Waals surface area contributed by atoms with Crippen LogP contribution in [-0.4, -0.2) is 54.4 Å². The Hall–Kier alpha value is -1.91. The van der Waals surface area contributed by atoms with E-state index in [0.717, 1.165) is 17.0 Å². The fourth-order valence-corrected chi connectivity index (χ4v) is 3.62. The molecule has 3 nitrogen and oxygen atoms in total. The van der Waals surface area contributed by atoms with E-state index in [1.54, 1.807) is 4.90 Å². The van der Waals surface area contributed by atoms with Gasteiger partial charge in [-0.05, 0) is 42.6 Å². The quantitative estimate of drug-likeness (QED) is 0.662. The first-order valence-corrected chi connectivity index (χ1v) is 8.92. The molecule has 0 N–H and O–H groups in total. The van der Waals surface area contributed by atoms with Gasteiger partial charge in [0.2, 0.25) is 5.91 Å². The highest BCUT2D eigenvalue weighted by Gasteiger charge is 2.46. The number of alkyl halides is 8. The third-order valence-corrected chi connectivity index (χ3v) is 5.19. The fraction of sp³-hybridized carbons (Fsp3) is 0.611. The van der Waals surface area contributed by atoms with E-state index in [0.29, 0.717) is 13.0 Å². The molecule has 2 heterocycles. The van der Waals surface area contributed by atoms with Crippen LogP contribution in [0.15, 0.2) is 18.2 Å².